The van der Waals surface area contributed by atoms with E-state index in [1.54, 1.807) is 0 Å². The average Bonchev–Trinajstić information content (AvgIpc) is 2.39. The Bertz CT molecular complexity index is 608. The summed E-state index contributed by atoms with van der Waals surface area (Å²) in [6.45, 7) is 0.171. The highest BCUT2D eigenvalue weighted by Crippen LogP contribution is 2.21. The molecule has 102 valence electrons. The number of carbonyl (C=O) groups excluding carboxylic acids is 1. The number of nitro groups is 1. The largest absolute Gasteiger partial charge is 0.298 e. The molecule has 1 aromatic rings. The summed E-state index contributed by atoms with van der Waals surface area (Å²) in [5.74, 6) is -0.114. The van der Waals surface area contributed by atoms with Crippen LogP contribution in [0.4, 0.5) is 5.69 Å². The zero-order valence-electron chi connectivity index (χ0n) is 9.98. The molecule has 0 aromatic heterocycles. The van der Waals surface area contributed by atoms with Crippen molar-refractivity contribution in [3.63, 3.8) is 0 Å². The highest BCUT2D eigenvalue weighted by molar-refractivity contribution is 7.89. The molecule has 1 aromatic carbocycles. The molecule has 19 heavy (non-hydrogen) atoms. The summed E-state index contributed by atoms with van der Waals surface area (Å²) >= 11 is 0. The molecular formula is C11H12N2O5S. The van der Waals surface area contributed by atoms with Crippen molar-refractivity contribution < 1.29 is 18.1 Å². The molecule has 0 atom stereocenters. The van der Waals surface area contributed by atoms with E-state index < -0.39 is 14.9 Å². The monoisotopic (exact) mass is 284 g/mol. The molecule has 1 saturated heterocycles. The quantitative estimate of drug-likeness (QED) is 0.608. The van der Waals surface area contributed by atoms with Crippen molar-refractivity contribution in [1.29, 1.82) is 0 Å². The number of benzene rings is 1. The van der Waals surface area contributed by atoms with Gasteiger partial charge in [-0.3, -0.25) is 14.9 Å². The van der Waals surface area contributed by atoms with Crippen LogP contribution in [0.2, 0.25) is 0 Å². The molecule has 7 nitrogen and oxygen atoms in total. The Morgan fingerprint density at radius 2 is 1.84 bits per heavy atom. The van der Waals surface area contributed by atoms with Gasteiger partial charge in [-0.25, -0.2) is 8.42 Å². The first-order chi connectivity index (χ1) is 8.91. The first-order valence-electron chi connectivity index (χ1n) is 5.67. The van der Waals surface area contributed by atoms with Crippen molar-refractivity contribution in [2.45, 2.75) is 17.7 Å². The van der Waals surface area contributed by atoms with Crippen LogP contribution in [0.5, 0.6) is 0 Å². The number of sulfonamides is 1. The van der Waals surface area contributed by atoms with Gasteiger partial charge in [0.25, 0.3) is 5.69 Å². The molecule has 0 N–H and O–H groups in total. The summed E-state index contributed by atoms with van der Waals surface area (Å²) < 4.78 is 25.5. The predicted molar refractivity (Wildman–Crippen MR) is 66.1 cm³/mol. The Kier molecular flexibility index (Phi) is 3.63. The lowest BCUT2D eigenvalue weighted by molar-refractivity contribution is -0.384. The standard InChI is InChI=1S/C11H12N2O5S/c14-10-2-1-7-12(8-10)19(17,18)11-5-3-9(4-6-11)13(15)16/h3-6H,1-2,7-8H2. The second-order valence-corrected chi connectivity index (χ2v) is 6.17. The van der Waals surface area contributed by atoms with E-state index in [2.05, 4.69) is 0 Å². The Balaban J connectivity index is 2.28. The lowest BCUT2D eigenvalue weighted by Crippen LogP contribution is -2.40. The second-order valence-electron chi connectivity index (χ2n) is 4.23. The smallest absolute Gasteiger partial charge is 0.269 e. The number of carbonyl (C=O) groups is 1. The molecular weight excluding hydrogens is 272 g/mol. The molecule has 0 bridgehead atoms. The van der Waals surface area contributed by atoms with Crippen LogP contribution in [0.1, 0.15) is 12.8 Å². The van der Waals surface area contributed by atoms with Crippen LogP contribution >= 0.6 is 0 Å². The zero-order chi connectivity index (χ0) is 14.0. The zero-order valence-corrected chi connectivity index (χ0v) is 10.8. The van der Waals surface area contributed by atoms with Crippen LogP contribution in [-0.4, -0.2) is 36.5 Å². The fraction of sp³-hybridized carbons (Fsp3) is 0.364. The van der Waals surface area contributed by atoms with Crippen molar-refractivity contribution in [1.82, 2.24) is 4.31 Å². The molecule has 2 rings (SSSR count). The fourth-order valence-corrected chi connectivity index (χ4v) is 3.36. The van der Waals surface area contributed by atoms with Crippen molar-refractivity contribution >= 4 is 21.5 Å². The molecule has 0 amide bonds. The molecule has 0 unspecified atom stereocenters. The third kappa shape index (κ3) is 2.79. The highest BCUT2D eigenvalue weighted by atomic mass is 32.2. The third-order valence-corrected chi connectivity index (χ3v) is 4.76. The summed E-state index contributed by atoms with van der Waals surface area (Å²) in [7, 11) is -3.75. The van der Waals surface area contributed by atoms with Crippen LogP contribution in [0.3, 0.4) is 0 Å². The summed E-state index contributed by atoms with van der Waals surface area (Å²) in [4.78, 5) is 21.2. The number of hydrogen-bond acceptors (Lipinski definition) is 5. The number of nitro benzene ring substituents is 1. The van der Waals surface area contributed by atoms with Gasteiger partial charge in [-0.2, -0.15) is 4.31 Å². The molecule has 1 aliphatic heterocycles. The topological polar surface area (TPSA) is 97.6 Å². The van der Waals surface area contributed by atoms with E-state index in [4.69, 9.17) is 0 Å². The summed E-state index contributed by atoms with van der Waals surface area (Å²) in [6.07, 6.45) is 0.900. The Morgan fingerprint density at radius 3 is 2.37 bits per heavy atom. The molecule has 0 aliphatic carbocycles. The Morgan fingerprint density at radius 1 is 1.21 bits per heavy atom. The predicted octanol–water partition coefficient (Wildman–Crippen LogP) is 0.948. The summed E-state index contributed by atoms with van der Waals surface area (Å²) in [6, 6.07) is 4.65. The van der Waals surface area contributed by atoms with Gasteiger partial charge in [-0.05, 0) is 18.6 Å². The number of non-ortho nitro benzene ring substituents is 1. The van der Waals surface area contributed by atoms with E-state index in [1.807, 2.05) is 0 Å². The van der Waals surface area contributed by atoms with Crippen molar-refractivity contribution in [2.24, 2.45) is 0 Å². The van der Waals surface area contributed by atoms with Crippen LogP contribution in [-0.2, 0) is 14.8 Å². The van der Waals surface area contributed by atoms with Crippen LogP contribution in [0, 0.1) is 10.1 Å². The van der Waals surface area contributed by atoms with E-state index in [-0.39, 0.29) is 22.9 Å². The number of ketones is 1. The molecule has 1 fully saturated rings. The van der Waals surface area contributed by atoms with Gasteiger partial charge in [-0.15, -0.1) is 0 Å². The van der Waals surface area contributed by atoms with Gasteiger partial charge in [0.1, 0.15) is 5.78 Å². The van der Waals surface area contributed by atoms with E-state index in [0.717, 1.165) is 16.4 Å². The van der Waals surface area contributed by atoms with Crippen molar-refractivity contribution in [3.05, 3.63) is 34.4 Å². The van der Waals surface area contributed by atoms with Gasteiger partial charge >= 0.3 is 0 Å². The minimum Gasteiger partial charge on any atom is -0.298 e. The Hall–Kier alpha value is -1.80. The van der Waals surface area contributed by atoms with E-state index in [0.29, 0.717) is 19.4 Å². The minimum absolute atomic E-state index is 0.0344. The summed E-state index contributed by atoms with van der Waals surface area (Å²) in [5.41, 5.74) is -0.173. The number of nitrogens with zero attached hydrogens (tertiary/aromatic N) is 2. The fourth-order valence-electron chi connectivity index (χ4n) is 1.90. The van der Waals surface area contributed by atoms with E-state index >= 15 is 0 Å². The number of Topliss-reactive ketones (excluding diaryl/α,β-unsaturated/α-hetero) is 1. The highest BCUT2D eigenvalue weighted by Gasteiger charge is 2.29. The SMILES string of the molecule is O=C1CCCN(S(=O)(=O)c2ccc([N+](=O)[O-])cc2)C1. The molecule has 8 heteroatoms. The lowest BCUT2D eigenvalue weighted by atomic mass is 10.1. The normalized spacial score (nSPS) is 17.4. The van der Waals surface area contributed by atoms with E-state index in [1.165, 1.54) is 12.1 Å². The molecule has 0 spiro atoms. The van der Waals surface area contributed by atoms with Crippen LogP contribution in [0.25, 0.3) is 0 Å². The van der Waals surface area contributed by atoms with Gasteiger partial charge in [0.2, 0.25) is 10.0 Å². The van der Waals surface area contributed by atoms with Gasteiger partial charge < -0.3 is 0 Å². The van der Waals surface area contributed by atoms with Gasteiger partial charge in [0, 0.05) is 25.1 Å². The van der Waals surface area contributed by atoms with Crippen molar-refractivity contribution in [3.8, 4) is 0 Å². The van der Waals surface area contributed by atoms with Gasteiger partial charge in [-0.1, -0.05) is 0 Å². The maximum atomic E-state index is 12.2. The number of hydrogen-bond donors (Lipinski definition) is 0. The Labute approximate surface area is 110 Å². The first-order valence-corrected chi connectivity index (χ1v) is 7.11. The van der Waals surface area contributed by atoms with Gasteiger partial charge in [0.15, 0.2) is 0 Å². The average molecular weight is 284 g/mol. The van der Waals surface area contributed by atoms with Crippen LogP contribution in [0.15, 0.2) is 29.2 Å². The maximum absolute atomic E-state index is 12.2. The minimum atomic E-state index is -3.75. The first kappa shape index (κ1) is 13.6. The lowest BCUT2D eigenvalue weighted by Gasteiger charge is -2.24. The van der Waals surface area contributed by atoms with E-state index in [9.17, 15) is 23.3 Å². The number of rotatable bonds is 3. The van der Waals surface area contributed by atoms with Crippen molar-refractivity contribution in [2.75, 3.05) is 13.1 Å². The molecule has 0 saturated carbocycles. The molecule has 1 aliphatic rings. The third-order valence-electron chi connectivity index (χ3n) is 2.90. The number of piperidine rings is 1. The molecule has 1 heterocycles. The van der Waals surface area contributed by atoms with Crippen LogP contribution < -0.4 is 0 Å². The summed E-state index contributed by atoms with van der Waals surface area (Å²) in [5, 5.41) is 10.5. The van der Waals surface area contributed by atoms with Gasteiger partial charge in [0.05, 0.1) is 16.4 Å². The second kappa shape index (κ2) is 5.06. The molecule has 0 radical (unpaired) electrons. The maximum Gasteiger partial charge on any atom is 0.269 e.